The second kappa shape index (κ2) is 12.1. The largest absolute Gasteiger partial charge is 0.352 e. The standard InChI is InChI=1S/C23H28Cl3N3O4S/c1-5-15(2)27-23(31)16(3)28(13-17-9-10-20(25)21(26)11-17)22(30)14-29(34(4,32)33)19-8-6-7-18(24)12-19/h6-12,15-16H,5,13-14H2,1-4H3,(H,27,31)/t15-,16+/m1/s1. The van der Waals surface area contributed by atoms with E-state index >= 15 is 0 Å². The Morgan fingerprint density at radius 1 is 1.03 bits per heavy atom. The lowest BCUT2D eigenvalue weighted by atomic mass is 10.1. The summed E-state index contributed by atoms with van der Waals surface area (Å²) in [6, 6.07) is 10.1. The molecule has 2 amide bonds. The highest BCUT2D eigenvalue weighted by Crippen LogP contribution is 2.25. The van der Waals surface area contributed by atoms with Crippen LogP contribution < -0.4 is 9.62 Å². The van der Waals surface area contributed by atoms with E-state index in [0.29, 0.717) is 20.6 Å². The van der Waals surface area contributed by atoms with Gasteiger partial charge in [0, 0.05) is 17.6 Å². The van der Waals surface area contributed by atoms with Gasteiger partial charge in [0.1, 0.15) is 12.6 Å². The summed E-state index contributed by atoms with van der Waals surface area (Å²) in [5, 5.41) is 3.85. The highest BCUT2D eigenvalue weighted by molar-refractivity contribution is 7.92. The maximum absolute atomic E-state index is 13.5. The van der Waals surface area contributed by atoms with Gasteiger partial charge in [-0.25, -0.2) is 8.42 Å². The van der Waals surface area contributed by atoms with Crippen molar-refractivity contribution in [3.05, 3.63) is 63.1 Å². The Morgan fingerprint density at radius 2 is 1.71 bits per heavy atom. The van der Waals surface area contributed by atoms with Crippen LogP contribution >= 0.6 is 34.8 Å². The Bertz CT molecular complexity index is 1140. The van der Waals surface area contributed by atoms with Crippen LogP contribution in [0, 0.1) is 0 Å². The average Bonchev–Trinajstić information content (AvgIpc) is 2.76. The Balaban J connectivity index is 2.41. The minimum Gasteiger partial charge on any atom is -0.352 e. The molecule has 2 atom stereocenters. The van der Waals surface area contributed by atoms with Crippen molar-refractivity contribution in [2.45, 2.75) is 45.8 Å². The molecule has 0 unspecified atom stereocenters. The first-order valence-corrected chi connectivity index (χ1v) is 13.6. The summed E-state index contributed by atoms with van der Waals surface area (Å²) in [5.74, 6) is -0.917. The third-order valence-electron chi connectivity index (χ3n) is 5.28. The molecule has 0 saturated heterocycles. The van der Waals surface area contributed by atoms with Crippen LogP contribution in [0.2, 0.25) is 15.1 Å². The van der Waals surface area contributed by atoms with E-state index < -0.39 is 28.5 Å². The van der Waals surface area contributed by atoms with E-state index in [0.717, 1.165) is 17.0 Å². The molecule has 34 heavy (non-hydrogen) atoms. The van der Waals surface area contributed by atoms with Crippen molar-refractivity contribution in [3.8, 4) is 0 Å². The Morgan fingerprint density at radius 3 is 2.26 bits per heavy atom. The van der Waals surface area contributed by atoms with Crippen molar-refractivity contribution >= 4 is 62.3 Å². The van der Waals surface area contributed by atoms with Crippen molar-refractivity contribution in [2.75, 3.05) is 17.1 Å². The van der Waals surface area contributed by atoms with Gasteiger partial charge in [0.25, 0.3) is 0 Å². The molecule has 0 aliphatic carbocycles. The molecule has 11 heteroatoms. The normalized spacial score (nSPS) is 13.1. The topological polar surface area (TPSA) is 86.8 Å². The number of amides is 2. The third-order valence-corrected chi connectivity index (χ3v) is 7.40. The monoisotopic (exact) mass is 547 g/mol. The highest BCUT2D eigenvalue weighted by atomic mass is 35.5. The van der Waals surface area contributed by atoms with Gasteiger partial charge in [-0.1, -0.05) is 53.9 Å². The van der Waals surface area contributed by atoms with Crippen molar-refractivity contribution in [2.24, 2.45) is 0 Å². The average molecular weight is 549 g/mol. The Labute approximate surface area is 216 Å². The zero-order valence-corrected chi connectivity index (χ0v) is 22.5. The van der Waals surface area contributed by atoms with Gasteiger partial charge in [-0.15, -0.1) is 0 Å². The summed E-state index contributed by atoms with van der Waals surface area (Å²) in [4.78, 5) is 27.6. The van der Waals surface area contributed by atoms with Crippen LogP contribution in [-0.4, -0.2) is 50.0 Å². The summed E-state index contributed by atoms with van der Waals surface area (Å²) >= 11 is 18.2. The van der Waals surface area contributed by atoms with E-state index in [2.05, 4.69) is 5.32 Å². The molecule has 186 valence electrons. The molecule has 0 fully saturated rings. The second-order valence-corrected chi connectivity index (χ2v) is 11.2. The van der Waals surface area contributed by atoms with Crippen LogP contribution in [0.4, 0.5) is 5.69 Å². The van der Waals surface area contributed by atoms with Gasteiger partial charge >= 0.3 is 0 Å². The summed E-state index contributed by atoms with van der Waals surface area (Å²) in [7, 11) is -3.83. The second-order valence-electron chi connectivity index (χ2n) is 8.01. The van der Waals surface area contributed by atoms with Gasteiger partial charge in [-0.05, 0) is 56.2 Å². The molecular formula is C23H28Cl3N3O4S. The minimum atomic E-state index is -3.83. The Kier molecular flexibility index (Phi) is 10.1. The molecular weight excluding hydrogens is 521 g/mol. The van der Waals surface area contributed by atoms with Crippen molar-refractivity contribution < 1.29 is 18.0 Å². The predicted octanol–water partition coefficient (Wildman–Crippen LogP) is 4.74. The fraction of sp³-hybridized carbons (Fsp3) is 0.391. The maximum atomic E-state index is 13.5. The molecule has 0 spiro atoms. The molecule has 0 bridgehead atoms. The van der Waals surface area contributed by atoms with Gasteiger partial charge < -0.3 is 10.2 Å². The van der Waals surface area contributed by atoms with Gasteiger partial charge in [0.15, 0.2) is 0 Å². The number of rotatable bonds is 10. The van der Waals surface area contributed by atoms with Crippen molar-refractivity contribution in [1.29, 1.82) is 0 Å². The first kappa shape index (κ1) is 28.2. The highest BCUT2D eigenvalue weighted by Gasteiger charge is 2.30. The fourth-order valence-electron chi connectivity index (χ4n) is 3.13. The fourth-order valence-corrected chi connectivity index (χ4v) is 4.47. The SMILES string of the molecule is CC[C@@H](C)NC(=O)[C@H](C)N(Cc1ccc(Cl)c(Cl)c1)C(=O)CN(c1cccc(Cl)c1)S(C)(=O)=O. The van der Waals surface area contributed by atoms with Crippen LogP contribution in [0.3, 0.4) is 0 Å². The zero-order chi connectivity index (χ0) is 25.6. The maximum Gasteiger partial charge on any atom is 0.244 e. The van der Waals surface area contributed by atoms with Gasteiger partial charge in [-0.3, -0.25) is 13.9 Å². The predicted molar refractivity (Wildman–Crippen MR) is 138 cm³/mol. The smallest absolute Gasteiger partial charge is 0.244 e. The minimum absolute atomic E-state index is 0.0258. The van der Waals surface area contributed by atoms with Gasteiger partial charge in [-0.2, -0.15) is 0 Å². The lowest BCUT2D eigenvalue weighted by molar-refractivity contribution is -0.139. The summed E-state index contributed by atoms with van der Waals surface area (Å²) in [5.41, 5.74) is 0.883. The molecule has 1 N–H and O–H groups in total. The number of nitrogens with zero attached hydrogens (tertiary/aromatic N) is 2. The van der Waals surface area contributed by atoms with Crippen molar-refractivity contribution in [1.82, 2.24) is 10.2 Å². The first-order valence-electron chi connectivity index (χ1n) is 10.6. The van der Waals surface area contributed by atoms with Crippen LogP contribution in [0.1, 0.15) is 32.8 Å². The molecule has 7 nitrogen and oxygen atoms in total. The van der Waals surface area contributed by atoms with E-state index in [-0.39, 0.29) is 24.2 Å². The number of carbonyl (C=O) groups excluding carboxylic acids is 2. The molecule has 0 aliphatic heterocycles. The molecule has 0 heterocycles. The molecule has 0 aromatic heterocycles. The quantitative estimate of drug-likeness (QED) is 0.464. The number of benzene rings is 2. The van der Waals surface area contributed by atoms with Gasteiger partial charge in [0.2, 0.25) is 21.8 Å². The first-order chi connectivity index (χ1) is 15.8. The van der Waals surface area contributed by atoms with E-state index in [9.17, 15) is 18.0 Å². The summed E-state index contributed by atoms with van der Waals surface area (Å²) in [6.45, 7) is 4.90. The van der Waals surface area contributed by atoms with E-state index in [1.165, 1.54) is 11.0 Å². The van der Waals surface area contributed by atoms with Gasteiger partial charge in [0.05, 0.1) is 22.0 Å². The lowest BCUT2D eigenvalue weighted by Crippen LogP contribution is -2.52. The zero-order valence-electron chi connectivity index (χ0n) is 19.4. The van der Waals surface area contributed by atoms with Crippen LogP contribution in [0.25, 0.3) is 0 Å². The number of carbonyl (C=O) groups is 2. The molecule has 0 radical (unpaired) electrons. The molecule has 2 aromatic rings. The number of halogens is 3. The Hall–Kier alpha value is -2.00. The molecule has 2 rings (SSSR count). The number of anilines is 1. The van der Waals surface area contributed by atoms with Crippen LogP contribution in [0.15, 0.2) is 42.5 Å². The molecule has 0 aliphatic rings. The third kappa shape index (κ3) is 7.77. The summed E-state index contributed by atoms with van der Waals surface area (Å²) in [6.07, 6.45) is 1.72. The number of hydrogen-bond donors (Lipinski definition) is 1. The van der Waals surface area contributed by atoms with E-state index in [1.807, 2.05) is 13.8 Å². The number of nitrogens with one attached hydrogen (secondary N) is 1. The number of sulfonamides is 1. The van der Waals surface area contributed by atoms with Crippen molar-refractivity contribution in [3.63, 3.8) is 0 Å². The molecule has 2 aromatic carbocycles. The lowest BCUT2D eigenvalue weighted by Gasteiger charge is -2.32. The summed E-state index contributed by atoms with van der Waals surface area (Å²) < 4.78 is 26.0. The van der Waals surface area contributed by atoms with E-state index in [1.54, 1.807) is 43.3 Å². The molecule has 0 saturated carbocycles. The van der Waals surface area contributed by atoms with E-state index in [4.69, 9.17) is 34.8 Å². The number of hydrogen-bond acceptors (Lipinski definition) is 4. The van der Waals surface area contributed by atoms with Crippen LogP contribution in [-0.2, 0) is 26.2 Å². The van der Waals surface area contributed by atoms with Crippen LogP contribution in [0.5, 0.6) is 0 Å².